The highest BCUT2D eigenvalue weighted by molar-refractivity contribution is 7.54. The second-order valence-corrected chi connectivity index (χ2v) is 13.3. The monoisotopic (exact) mass is 657 g/mol. The number of aromatic nitrogens is 4. The first-order chi connectivity index (χ1) is 22.8. The summed E-state index contributed by atoms with van der Waals surface area (Å²) in [5.41, 5.74) is 8.63. The molecule has 0 bridgehead atoms. The Morgan fingerprint density at radius 3 is 2.36 bits per heavy atom. The smallest absolute Gasteiger partial charge is 0.380 e. The van der Waals surface area contributed by atoms with Crippen LogP contribution >= 0.6 is 7.60 Å². The lowest BCUT2D eigenvalue weighted by atomic mass is 10.0. The number of aliphatic hydroxyl groups excluding tert-OH is 1. The third kappa shape index (κ3) is 7.86. The Kier molecular flexibility index (Phi) is 9.93. The lowest BCUT2D eigenvalue weighted by Crippen LogP contribution is -2.30. The van der Waals surface area contributed by atoms with Gasteiger partial charge >= 0.3 is 13.6 Å². The number of fused-ring (bicyclic) bond motifs is 1. The molecule has 3 heterocycles. The van der Waals surface area contributed by atoms with Crippen molar-refractivity contribution in [1.82, 2.24) is 19.5 Å². The van der Waals surface area contributed by atoms with Crippen LogP contribution in [0.2, 0.25) is 0 Å². The van der Waals surface area contributed by atoms with Gasteiger partial charge in [-0.3, -0.25) is 13.9 Å². The number of imidazole rings is 1. The van der Waals surface area contributed by atoms with Crippen LogP contribution in [0.5, 0.6) is 5.75 Å². The molecule has 6 rings (SSSR count). The van der Waals surface area contributed by atoms with Crippen LogP contribution in [0.15, 0.2) is 97.3 Å². The molecule has 47 heavy (non-hydrogen) atoms. The number of hydrogen-bond acceptors (Lipinski definition) is 11. The zero-order valence-electron chi connectivity index (χ0n) is 25.8. The molecule has 5 aromatic rings. The molecule has 0 saturated carbocycles. The Hall–Kier alpha value is -4.61. The standard InChI is InChI=1S/C34H36N5O7P/c1-23-37-32(35)31-33(38-23)39(22-36-31)30-18-28(29(19-40)44-30)46-47(42,45-27-15-9-4-10-16-27)21-26(17-24-11-5-2-6-12-24)34(41)43-20-25-13-7-3-8-14-25/h2-16,22,26,28-30,40H,17-21H2,1H3,(H2,35,37,38)/t26-,28-,29-,30-,47?/m1/s1. The summed E-state index contributed by atoms with van der Waals surface area (Å²) in [6, 6.07) is 27.4. The molecule has 1 aliphatic rings. The van der Waals surface area contributed by atoms with Gasteiger partial charge in [-0.25, -0.2) is 19.5 Å². The second kappa shape index (κ2) is 14.4. The molecule has 0 aliphatic carbocycles. The molecule has 1 saturated heterocycles. The first kappa shape index (κ1) is 32.3. The normalized spacial score (nSPS) is 19.7. The number of carbonyl (C=O) groups is 1. The predicted molar refractivity (Wildman–Crippen MR) is 174 cm³/mol. The van der Waals surface area contributed by atoms with Gasteiger partial charge in [0.1, 0.15) is 42.1 Å². The maximum absolute atomic E-state index is 14.8. The number of carbonyl (C=O) groups excluding carboxylic acids is 1. The van der Waals surface area contributed by atoms with Gasteiger partial charge in [0.2, 0.25) is 0 Å². The SMILES string of the molecule is Cc1nc(N)c2ncn([C@H]3C[C@@H](OP(=O)(C[C@@H](Cc4ccccc4)C(=O)OCc4ccccc4)Oc4ccccc4)[C@@H](CO)O3)c2n1. The largest absolute Gasteiger partial charge is 0.461 e. The van der Waals surface area contributed by atoms with E-state index in [1.807, 2.05) is 66.7 Å². The van der Waals surface area contributed by atoms with E-state index in [0.717, 1.165) is 11.1 Å². The average Bonchev–Trinajstić information content (AvgIpc) is 3.68. The van der Waals surface area contributed by atoms with Gasteiger partial charge in [-0.05, 0) is 36.6 Å². The van der Waals surface area contributed by atoms with Crippen LogP contribution < -0.4 is 10.3 Å². The van der Waals surface area contributed by atoms with E-state index in [4.69, 9.17) is 24.3 Å². The number of nitrogen functional groups attached to an aromatic ring is 1. The van der Waals surface area contributed by atoms with Crippen LogP contribution in [0.1, 0.15) is 29.6 Å². The number of para-hydroxylation sites is 1. The zero-order valence-corrected chi connectivity index (χ0v) is 26.7. The van der Waals surface area contributed by atoms with Crippen molar-refractivity contribution in [1.29, 1.82) is 0 Å². The minimum atomic E-state index is -4.11. The molecule has 3 aromatic carbocycles. The van der Waals surface area contributed by atoms with Crippen molar-refractivity contribution in [3.63, 3.8) is 0 Å². The summed E-state index contributed by atoms with van der Waals surface area (Å²) in [5.74, 6) is -0.395. The molecule has 0 amide bonds. The highest BCUT2D eigenvalue weighted by atomic mass is 31.2. The fourth-order valence-electron chi connectivity index (χ4n) is 5.60. The van der Waals surface area contributed by atoms with E-state index in [1.165, 1.54) is 6.33 Å². The Labute approximate surface area is 272 Å². The third-order valence-electron chi connectivity index (χ3n) is 7.84. The summed E-state index contributed by atoms with van der Waals surface area (Å²) in [7, 11) is -4.11. The molecule has 244 valence electrons. The Morgan fingerprint density at radius 2 is 1.68 bits per heavy atom. The molecule has 13 heteroatoms. The van der Waals surface area contributed by atoms with Crippen molar-refractivity contribution < 1.29 is 33.0 Å². The van der Waals surface area contributed by atoms with Crippen molar-refractivity contribution >= 4 is 30.5 Å². The highest BCUT2D eigenvalue weighted by Crippen LogP contribution is 2.54. The number of hydrogen-bond donors (Lipinski definition) is 2. The van der Waals surface area contributed by atoms with E-state index in [9.17, 15) is 14.5 Å². The quantitative estimate of drug-likeness (QED) is 0.126. The summed E-state index contributed by atoms with van der Waals surface area (Å²) >= 11 is 0. The fourth-order valence-corrected chi connectivity index (χ4v) is 7.69. The van der Waals surface area contributed by atoms with Crippen LogP contribution in [0.3, 0.4) is 0 Å². The molecule has 0 spiro atoms. The van der Waals surface area contributed by atoms with Crippen LogP contribution in [0, 0.1) is 12.8 Å². The van der Waals surface area contributed by atoms with Crippen molar-refractivity contribution in [3.8, 4) is 5.75 Å². The third-order valence-corrected chi connectivity index (χ3v) is 9.81. The van der Waals surface area contributed by atoms with Crippen LogP contribution in [0.4, 0.5) is 5.82 Å². The van der Waals surface area contributed by atoms with E-state index >= 15 is 0 Å². The van der Waals surface area contributed by atoms with Crippen molar-refractivity contribution in [2.75, 3.05) is 18.5 Å². The van der Waals surface area contributed by atoms with Crippen LogP contribution in [0.25, 0.3) is 11.2 Å². The van der Waals surface area contributed by atoms with Crippen molar-refractivity contribution in [2.24, 2.45) is 5.92 Å². The number of aryl methyl sites for hydroxylation is 1. The van der Waals surface area contributed by atoms with Crippen molar-refractivity contribution in [3.05, 3.63) is 114 Å². The number of benzene rings is 3. The lowest BCUT2D eigenvalue weighted by Gasteiger charge is -2.27. The fraction of sp³-hybridized carbons (Fsp3) is 0.294. The molecule has 1 fully saturated rings. The predicted octanol–water partition coefficient (Wildman–Crippen LogP) is 5.26. The van der Waals surface area contributed by atoms with Gasteiger partial charge in [0.05, 0.1) is 25.0 Å². The zero-order chi connectivity index (χ0) is 32.8. The number of rotatable bonds is 13. The topological polar surface area (TPSA) is 161 Å². The first-order valence-corrected chi connectivity index (χ1v) is 17.0. The van der Waals surface area contributed by atoms with E-state index in [-0.39, 0.29) is 31.4 Å². The lowest BCUT2D eigenvalue weighted by molar-refractivity contribution is -0.149. The first-order valence-electron chi connectivity index (χ1n) is 15.3. The van der Waals surface area contributed by atoms with Crippen LogP contribution in [-0.2, 0) is 36.4 Å². The maximum atomic E-state index is 14.8. The van der Waals surface area contributed by atoms with Gasteiger partial charge in [0.25, 0.3) is 0 Å². The number of anilines is 1. The summed E-state index contributed by atoms with van der Waals surface area (Å²) in [5, 5.41) is 10.3. The van der Waals surface area contributed by atoms with E-state index in [1.54, 1.807) is 35.8 Å². The van der Waals surface area contributed by atoms with E-state index in [2.05, 4.69) is 15.0 Å². The molecule has 2 aromatic heterocycles. The van der Waals surface area contributed by atoms with E-state index < -0.39 is 44.5 Å². The molecule has 1 aliphatic heterocycles. The molecule has 1 unspecified atom stereocenters. The molecular weight excluding hydrogens is 621 g/mol. The number of nitrogens with zero attached hydrogens (tertiary/aromatic N) is 4. The molecule has 5 atom stereocenters. The molecule has 3 N–H and O–H groups in total. The Balaban J connectivity index is 1.28. The van der Waals surface area contributed by atoms with Gasteiger partial charge in [-0.1, -0.05) is 78.9 Å². The second-order valence-electron chi connectivity index (χ2n) is 11.3. The summed E-state index contributed by atoms with van der Waals surface area (Å²) in [4.78, 5) is 26.6. The maximum Gasteiger partial charge on any atom is 0.380 e. The summed E-state index contributed by atoms with van der Waals surface area (Å²) in [6.45, 7) is 1.37. The number of aliphatic hydroxyl groups is 1. The minimum absolute atomic E-state index is 0.0623. The highest BCUT2D eigenvalue weighted by Gasteiger charge is 2.44. The minimum Gasteiger partial charge on any atom is -0.461 e. The molecule has 0 radical (unpaired) electrons. The number of ether oxygens (including phenoxy) is 2. The van der Waals surface area contributed by atoms with E-state index in [0.29, 0.717) is 22.7 Å². The van der Waals surface area contributed by atoms with Gasteiger partial charge in [0, 0.05) is 6.42 Å². The Morgan fingerprint density at radius 1 is 1.02 bits per heavy atom. The van der Waals surface area contributed by atoms with Gasteiger partial charge < -0.3 is 24.8 Å². The average molecular weight is 658 g/mol. The molecule has 12 nitrogen and oxygen atoms in total. The number of nitrogens with two attached hydrogens (primary N) is 1. The Bertz CT molecular complexity index is 1840. The van der Waals surface area contributed by atoms with Gasteiger partial charge in [-0.15, -0.1) is 0 Å². The van der Waals surface area contributed by atoms with Gasteiger partial charge in [-0.2, -0.15) is 0 Å². The van der Waals surface area contributed by atoms with Crippen LogP contribution in [-0.4, -0.2) is 55.6 Å². The molecular formula is C34H36N5O7P. The van der Waals surface area contributed by atoms with Crippen molar-refractivity contribution in [2.45, 2.75) is 44.8 Å². The summed E-state index contributed by atoms with van der Waals surface area (Å²) in [6.07, 6.45) is -0.705. The van der Waals surface area contributed by atoms with Gasteiger partial charge in [0.15, 0.2) is 11.5 Å². The number of esters is 1. The summed E-state index contributed by atoms with van der Waals surface area (Å²) < 4.78 is 40.8.